The fourth-order valence-electron chi connectivity index (χ4n) is 2.17. The van der Waals surface area contributed by atoms with Crippen molar-refractivity contribution in [3.63, 3.8) is 0 Å². The lowest BCUT2D eigenvalue weighted by atomic mass is 10.1. The van der Waals surface area contributed by atoms with Crippen LogP contribution in [0, 0.1) is 5.92 Å². The Morgan fingerprint density at radius 1 is 1.38 bits per heavy atom. The highest BCUT2D eigenvalue weighted by Gasteiger charge is 2.30. The number of amides is 2. The number of nitrogens with zero attached hydrogens (tertiary/aromatic N) is 1. The standard InChI is InChI=1S/C15H17BrN2O3/c16-13-5-3-11(4-6-13)2-1-8-17-15(21)18-9-7-12(10-18)14(19)20/h1-6,12H,7-10H2,(H,17,21)(H,19,20)/b2-1+. The number of carbonyl (C=O) groups excluding carboxylic acids is 1. The summed E-state index contributed by atoms with van der Waals surface area (Å²) < 4.78 is 1.02. The van der Waals surface area contributed by atoms with E-state index < -0.39 is 11.9 Å². The molecule has 1 saturated heterocycles. The van der Waals surface area contributed by atoms with Gasteiger partial charge in [-0.3, -0.25) is 4.79 Å². The van der Waals surface area contributed by atoms with Gasteiger partial charge in [0.1, 0.15) is 0 Å². The Bertz CT molecular complexity index is 542. The Hall–Kier alpha value is -1.82. The third-order valence-corrected chi connectivity index (χ3v) is 3.90. The molecule has 0 spiro atoms. The molecule has 2 rings (SSSR count). The van der Waals surface area contributed by atoms with E-state index in [4.69, 9.17) is 5.11 Å². The van der Waals surface area contributed by atoms with E-state index in [1.165, 1.54) is 0 Å². The normalized spacial score (nSPS) is 18.1. The highest BCUT2D eigenvalue weighted by Crippen LogP contribution is 2.16. The summed E-state index contributed by atoms with van der Waals surface area (Å²) in [6.07, 6.45) is 4.32. The lowest BCUT2D eigenvalue weighted by Crippen LogP contribution is -2.38. The van der Waals surface area contributed by atoms with E-state index in [-0.39, 0.29) is 12.6 Å². The minimum atomic E-state index is -0.833. The van der Waals surface area contributed by atoms with Gasteiger partial charge in [-0.05, 0) is 24.1 Å². The first-order valence-corrected chi connectivity index (χ1v) is 7.53. The summed E-state index contributed by atoms with van der Waals surface area (Å²) in [6, 6.07) is 7.64. The minimum absolute atomic E-state index is 0.209. The predicted molar refractivity (Wildman–Crippen MR) is 83.9 cm³/mol. The smallest absolute Gasteiger partial charge is 0.317 e. The number of hydrogen-bond donors (Lipinski definition) is 2. The van der Waals surface area contributed by atoms with Crippen molar-refractivity contribution < 1.29 is 14.7 Å². The van der Waals surface area contributed by atoms with Crippen LogP contribution in [0.5, 0.6) is 0 Å². The van der Waals surface area contributed by atoms with Crippen LogP contribution < -0.4 is 5.32 Å². The van der Waals surface area contributed by atoms with E-state index in [0.717, 1.165) is 10.0 Å². The highest BCUT2D eigenvalue weighted by atomic mass is 79.9. The minimum Gasteiger partial charge on any atom is -0.481 e. The quantitative estimate of drug-likeness (QED) is 0.874. The zero-order valence-corrected chi connectivity index (χ0v) is 13.0. The molecule has 1 aromatic carbocycles. The molecule has 5 nitrogen and oxygen atoms in total. The number of carbonyl (C=O) groups is 2. The number of aliphatic carboxylic acids is 1. The summed E-state index contributed by atoms with van der Waals surface area (Å²) in [6.45, 7) is 1.21. The van der Waals surface area contributed by atoms with E-state index in [1.807, 2.05) is 36.4 Å². The summed E-state index contributed by atoms with van der Waals surface area (Å²) >= 11 is 3.37. The maximum Gasteiger partial charge on any atom is 0.317 e. The maximum atomic E-state index is 11.9. The average Bonchev–Trinajstić information content (AvgIpc) is 2.95. The molecule has 0 radical (unpaired) electrons. The van der Waals surface area contributed by atoms with Gasteiger partial charge in [0.25, 0.3) is 0 Å². The molecule has 6 heteroatoms. The van der Waals surface area contributed by atoms with E-state index in [0.29, 0.717) is 19.5 Å². The molecule has 1 fully saturated rings. The summed E-state index contributed by atoms with van der Waals surface area (Å²) in [5, 5.41) is 11.7. The summed E-state index contributed by atoms with van der Waals surface area (Å²) in [5.41, 5.74) is 1.06. The van der Waals surface area contributed by atoms with E-state index in [2.05, 4.69) is 21.2 Å². The van der Waals surface area contributed by atoms with Gasteiger partial charge in [0, 0.05) is 24.1 Å². The Morgan fingerprint density at radius 2 is 2.10 bits per heavy atom. The van der Waals surface area contributed by atoms with Crippen LogP contribution in [0.15, 0.2) is 34.8 Å². The SMILES string of the molecule is O=C(O)C1CCN(C(=O)NC/C=C/c2ccc(Br)cc2)C1. The number of carboxylic acid groups (broad SMARTS) is 1. The molecule has 0 aliphatic carbocycles. The molecule has 21 heavy (non-hydrogen) atoms. The summed E-state index contributed by atoms with van der Waals surface area (Å²) in [4.78, 5) is 24.2. The Kier molecular flexibility index (Phi) is 5.38. The first-order valence-electron chi connectivity index (χ1n) is 6.74. The molecule has 0 saturated carbocycles. The second-order valence-corrected chi connectivity index (χ2v) is 5.83. The molecular weight excluding hydrogens is 336 g/mol. The lowest BCUT2D eigenvalue weighted by molar-refractivity contribution is -0.141. The number of urea groups is 1. The molecule has 2 amide bonds. The Balaban J connectivity index is 1.74. The molecule has 1 aliphatic rings. The van der Waals surface area contributed by atoms with Crippen LogP contribution in [0.4, 0.5) is 4.79 Å². The highest BCUT2D eigenvalue weighted by molar-refractivity contribution is 9.10. The first kappa shape index (κ1) is 15.6. The topological polar surface area (TPSA) is 69.6 Å². The van der Waals surface area contributed by atoms with Crippen molar-refractivity contribution >= 4 is 34.0 Å². The summed E-state index contributed by atoms with van der Waals surface area (Å²) in [7, 11) is 0. The third-order valence-electron chi connectivity index (χ3n) is 3.38. The van der Waals surface area contributed by atoms with Gasteiger partial charge in [-0.1, -0.05) is 40.2 Å². The van der Waals surface area contributed by atoms with Crippen molar-refractivity contribution in [1.29, 1.82) is 0 Å². The summed E-state index contributed by atoms with van der Waals surface area (Å²) in [5.74, 6) is -1.27. The van der Waals surface area contributed by atoms with E-state index in [1.54, 1.807) is 4.90 Å². The van der Waals surface area contributed by atoms with Gasteiger partial charge in [0.2, 0.25) is 0 Å². The Morgan fingerprint density at radius 3 is 2.71 bits per heavy atom. The van der Waals surface area contributed by atoms with Crippen LogP contribution >= 0.6 is 15.9 Å². The molecule has 1 unspecified atom stereocenters. The molecule has 0 bridgehead atoms. The molecular formula is C15H17BrN2O3. The number of carboxylic acids is 1. The van der Waals surface area contributed by atoms with Gasteiger partial charge in [-0.2, -0.15) is 0 Å². The van der Waals surface area contributed by atoms with Crippen LogP contribution in [0.3, 0.4) is 0 Å². The van der Waals surface area contributed by atoms with Crippen LogP contribution in [-0.2, 0) is 4.79 Å². The van der Waals surface area contributed by atoms with Gasteiger partial charge in [0.15, 0.2) is 0 Å². The van der Waals surface area contributed by atoms with Crippen molar-refractivity contribution in [2.24, 2.45) is 5.92 Å². The van der Waals surface area contributed by atoms with Crippen LogP contribution in [0.1, 0.15) is 12.0 Å². The largest absolute Gasteiger partial charge is 0.481 e. The van der Waals surface area contributed by atoms with Gasteiger partial charge in [0.05, 0.1) is 5.92 Å². The fraction of sp³-hybridized carbons (Fsp3) is 0.333. The molecule has 1 heterocycles. The van der Waals surface area contributed by atoms with Crippen molar-refractivity contribution in [1.82, 2.24) is 10.2 Å². The zero-order chi connectivity index (χ0) is 15.2. The van der Waals surface area contributed by atoms with Crippen LogP contribution in [-0.4, -0.2) is 41.6 Å². The van der Waals surface area contributed by atoms with Crippen molar-refractivity contribution in [3.8, 4) is 0 Å². The molecule has 1 aliphatic heterocycles. The van der Waals surface area contributed by atoms with Gasteiger partial charge in [-0.15, -0.1) is 0 Å². The van der Waals surface area contributed by atoms with Crippen molar-refractivity contribution in [3.05, 3.63) is 40.4 Å². The van der Waals surface area contributed by atoms with Gasteiger partial charge in [-0.25, -0.2) is 4.79 Å². The number of benzene rings is 1. The van der Waals surface area contributed by atoms with Crippen LogP contribution in [0.2, 0.25) is 0 Å². The first-order chi connectivity index (χ1) is 10.1. The monoisotopic (exact) mass is 352 g/mol. The number of nitrogens with one attached hydrogen (secondary N) is 1. The number of likely N-dealkylation sites (tertiary alicyclic amines) is 1. The van der Waals surface area contributed by atoms with Gasteiger partial charge < -0.3 is 15.3 Å². The van der Waals surface area contributed by atoms with E-state index in [9.17, 15) is 9.59 Å². The molecule has 1 atom stereocenters. The molecule has 112 valence electrons. The zero-order valence-electron chi connectivity index (χ0n) is 11.5. The van der Waals surface area contributed by atoms with E-state index >= 15 is 0 Å². The van der Waals surface area contributed by atoms with Crippen LogP contribution in [0.25, 0.3) is 6.08 Å². The molecule has 2 N–H and O–H groups in total. The maximum absolute atomic E-state index is 11.9. The van der Waals surface area contributed by atoms with Gasteiger partial charge >= 0.3 is 12.0 Å². The van der Waals surface area contributed by atoms with Crippen molar-refractivity contribution in [2.45, 2.75) is 6.42 Å². The van der Waals surface area contributed by atoms with Crippen molar-refractivity contribution in [2.75, 3.05) is 19.6 Å². The molecule has 0 aromatic heterocycles. The predicted octanol–water partition coefficient (Wildman–Crippen LogP) is 2.58. The number of rotatable bonds is 4. The lowest BCUT2D eigenvalue weighted by Gasteiger charge is -2.15. The fourth-order valence-corrected chi connectivity index (χ4v) is 2.44. The Labute approximate surface area is 131 Å². The number of halogens is 1. The molecule has 1 aromatic rings. The average molecular weight is 353 g/mol. The second kappa shape index (κ2) is 7.26. The second-order valence-electron chi connectivity index (χ2n) is 4.91. The third kappa shape index (κ3) is 4.60. The number of hydrogen-bond acceptors (Lipinski definition) is 2.